The van der Waals surface area contributed by atoms with E-state index in [2.05, 4.69) is 13.8 Å². The number of unbranched alkanes of at least 4 members (excludes halogenated alkanes) is 2. The molecule has 86 valence electrons. The van der Waals surface area contributed by atoms with Crippen LogP contribution in [-0.2, 0) is 9.47 Å². The highest BCUT2D eigenvalue weighted by molar-refractivity contribution is 4.70. The summed E-state index contributed by atoms with van der Waals surface area (Å²) in [5.74, 6) is 0. The quantitative estimate of drug-likeness (QED) is 0.570. The molecule has 0 saturated heterocycles. The number of hydrogen-bond acceptors (Lipinski definition) is 2. The average molecular weight is 202 g/mol. The van der Waals surface area contributed by atoms with Gasteiger partial charge in [0.05, 0.1) is 12.2 Å². The Morgan fingerprint density at radius 1 is 0.786 bits per heavy atom. The first kappa shape index (κ1) is 13.9. The van der Waals surface area contributed by atoms with Gasteiger partial charge in [0.15, 0.2) is 0 Å². The molecule has 0 radical (unpaired) electrons. The Bertz CT molecular complexity index is 101. The maximum atomic E-state index is 5.48. The lowest BCUT2D eigenvalue weighted by Crippen LogP contribution is -2.29. The molecule has 0 aromatic rings. The number of methoxy groups -OCH3 is 2. The second kappa shape index (κ2) is 9.47. The average Bonchev–Trinajstić information content (AvgIpc) is 2.23. The lowest BCUT2D eigenvalue weighted by Gasteiger charge is -2.24. The van der Waals surface area contributed by atoms with Gasteiger partial charge in [-0.25, -0.2) is 0 Å². The van der Waals surface area contributed by atoms with Gasteiger partial charge >= 0.3 is 0 Å². The van der Waals surface area contributed by atoms with Crippen molar-refractivity contribution in [3.8, 4) is 0 Å². The number of rotatable bonds is 9. The van der Waals surface area contributed by atoms with Crippen LogP contribution in [-0.4, -0.2) is 26.4 Å². The van der Waals surface area contributed by atoms with Gasteiger partial charge in [-0.15, -0.1) is 0 Å². The molecular weight excluding hydrogens is 176 g/mol. The van der Waals surface area contributed by atoms with Crippen LogP contribution in [0.25, 0.3) is 0 Å². The fraction of sp³-hybridized carbons (Fsp3) is 1.00. The molecule has 2 heteroatoms. The third kappa shape index (κ3) is 5.61. The summed E-state index contributed by atoms with van der Waals surface area (Å²) in [6.07, 6.45) is 7.71. The van der Waals surface area contributed by atoms with Crippen LogP contribution in [0.4, 0.5) is 0 Å². The van der Waals surface area contributed by atoms with Gasteiger partial charge in [0.2, 0.25) is 0 Å². The van der Waals surface area contributed by atoms with Gasteiger partial charge in [0, 0.05) is 14.2 Å². The van der Waals surface area contributed by atoms with E-state index in [1.807, 2.05) is 0 Å². The minimum Gasteiger partial charge on any atom is -0.379 e. The zero-order valence-corrected chi connectivity index (χ0v) is 10.2. The fourth-order valence-corrected chi connectivity index (χ4v) is 1.72. The van der Waals surface area contributed by atoms with Crippen LogP contribution in [0.1, 0.15) is 52.4 Å². The normalized spacial score (nSPS) is 15.4. The SMILES string of the molecule is CCCCC(OC)C(CCCC)OC. The summed E-state index contributed by atoms with van der Waals surface area (Å²) < 4.78 is 11.0. The first-order valence-corrected chi connectivity index (χ1v) is 5.85. The Kier molecular flexibility index (Phi) is 9.42. The third-order valence-electron chi connectivity index (χ3n) is 2.70. The van der Waals surface area contributed by atoms with Gasteiger partial charge in [-0.05, 0) is 12.8 Å². The molecular formula is C12H26O2. The standard InChI is InChI=1S/C12H26O2/c1-5-7-9-11(13-3)12(14-4)10-8-6-2/h11-12H,5-10H2,1-4H3. The minimum absolute atomic E-state index is 0.284. The summed E-state index contributed by atoms with van der Waals surface area (Å²) in [7, 11) is 3.58. The van der Waals surface area contributed by atoms with E-state index in [4.69, 9.17) is 9.47 Å². The van der Waals surface area contributed by atoms with Crippen molar-refractivity contribution in [2.75, 3.05) is 14.2 Å². The van der Waals surface area contributed by atoms with Crippen molar-refractivity contribution in [2.45, 2.75) is 64.6 Å². The van der Waals surface area contributed by atoms with E-state index in [0.29, 0.717) is 0 Å². The first-order valence-electron chi connectivity index (χ1n) is 5.85. The molecule has 0 aliphatic rings. The summed E-state index contributed by atoms with van der Waals surface area (Å²) in [4.78, 5) is 0. The smallest absolute Gasteiger partial charge is 0.0832 e. The van der Waals surface area contributed by atoms with Crippen molar-refractivity contribution >= 4 is 0 Å². The lowest BCUT2D eigenvalue weighted by molar-refractivity contribution is -0.0447. The molecule has 0 aliphatic heterocycles. The zero-order valence-electron chi connectivity index (χ0n) is 10.2. The fourth-order valence-electron chi connectivity index (χ4n) is 1.72. The molecule has 0 spiro atoms. The molecule has 0 aromatic carbocycles. The predicted octanol–water partition coefficient (Wildman–Crippen LogP) is 3.40. The third-order valence-corrected chi connectivity index (χ3v) is 2.70. The summed E-state index contributed by atoms with van der Waals surface area (Å²) in [5, 5.41) is 0. The Balaban J connectivity index is 3.87. The molecule has 0 amide bonds. The van der Waals surface area contributed by atoms with Crippen LogP contribution >= 0.6 is 0 Å². The Morgan fingerprint density at radius 3 is 1.36 bits per heavy atom. The highest BCUT2D eigenvalue weighted by atomic mass is 16.5. The molecule has 0 bridgehead atoms. The van der Waals surface area contributed by atoms with Gasteiger partial charge in [-0.3, -0.25) is 0 Å². The van der Waals surface area contributed by atoms with Gasteiger partial charge in [-0.1, -0.05) is 39.5 Å². The Labute approximate surface area is 89.0 Å². The van der Waals surface area contributed by atoms with Crippen molar-refractivity contribution in [3.05, 3.63) is 0 Å². The predicted molar refractivity (Wildman–Crippen MR) is 60.6 cm³/mol. The van der Waals surface area contributed by atoms with Crippen LogP contribution in [0.5, 0.6) is 0 Å². The molecule has 0 N–H and O–H groups in total. The lowest BCUT2D eigenvalue weighted by atomic mass is 10.0. The second-order valence-corrected chi connectivity index (χ2v) is 3.83. The number of hydrogen-bond donors (Lipinski definition) is 0. The zero-order chi connectivity index (χ0) is 10.8. The van der Waals surface area contributed by atoms with Crippen LogP contribution in [0, 0.1) is 0 Å². The van der Waals surface area contributed by atoms with E-state index in [9.17, 15) is 0 Å². The largest absolute Gasteiger partial charge is 0.379 e. The van der Waals surface area contributed by atoms with E-state index in [1.165, 1.54) is 25.7 Å². The molecule has 0 saturated carbocycles. The van der Waals surface area contributed by atoms with Gasteiger partial charge in [0.25, 0.3) is 0 Å². The van der Waals surface area contributed by atoms with Crippen molar-refractivity contribution in [3.63, 3.8) is 0 Å². The summed E-state index contributed by atoms with van der Waals surface area (Å²) in [6, 6.07) is 0. The van der Waals surface area contributed by atoms with Gasteiger partial charge in [-0.2, -0.15) is 0 Å². The molecule has 14 heavy (non-hydrogen) atoms. The van der Waals surface area contributed by atoms with Crippen LogP contribution in [0.2, 0.25) is 0 Å². The van der Waals surface area contributed by atoms with E-state index >= 15 is 0 Å². The van der Waals surface area contributed by atoms with Crippen molar-refractivity contribution in [1.29, 1.82) is 0 Å². The van der Waals surface area contributed by atoms with E-state index in [-0.39, 0.29) is 12.2 Å². The molecule has 0 aromatic heterocycles. The molecule has 0 aliphatic carbocycles. The molecule has 2 atom stereocenters. The molecule has 2 nitrogen and oxygen atoms in total. The molecule has 0 rings (SSSR count). The molecule has 0 heterocycles. The summed E-state index contributed by atoms with van der Waals surface area (Å²) >= 11 is 0. The van der Waals surface area contributed by atoms with Crippen molar-refractivity contribution in [1.82, 2.24) is 0 Å². The van der Waals surface area contributed by atoms with E-state index in [1.54, 1.807) is 14.2 Å². The molecule has 0 fully saturated rings. The monoisotopic (exact) mass is 202 g/mol. The van der Waals surface area contributed by atoms with E-state index < -0.39 is 0 Å². The van der Waals surface area contributed by atoms with Crippen LogP contribution in [0.3, 0.4) is 0 Å². The summed E-state index contributed by atoms with van der Waals surface area (Å²) in [6.45, 7) is 4.42. The topological polar surface area (TPSA) is 18.5 Å². The first-order chi connectivity index (χ1) is 6.79. The molecule has 2 unspecified atom stereocenters. The van der Waals surface area contributed by atoms with Crippen LogP contribution < -0.4 is 0 Å². The maximum absolute atomic E-state index is 5.48. The summed E-state index contributed by atoms with van der Waals surface area (Å²) in [5.41, 5.74) is 0. The highest BCUT2D eigenvalue weighted by Crippen LogP contribution is 2.16. The minimum atomic E-state index is 0.284. The highest BCUT2D eigenvalue weighted by Gasteiger charge is 2.19. The van der Waals surface area contributed by atoms with Gasteiger partial charge in [0.1, 0.15) is 0 Å². The van der Waals surface area contributed by atoms with Gasteiger partial charge < -0.3 is 9.47 Å². The van der Waals surface area contributed by atoms with Crippen molar-refractivity contribution < 1.29 is 9.47 Å². The maximum Gasteiger partial charge on any atom is 0.0832 e. The van der Waals surface area contributed by atoms with Crippen LogP contribution in [0.15, 0.2) is 0 Å². The Morgan fingerprint density at radius 2 is 1.14 bits per heavy atom. The van der Waals surface area contributed by atoms with E-state index in [0.717, 1.165) is 12.8 Å². The Hall–Kier alpha value is -0.0800. The second-order valence-electron chi connectivity index (χ2n) is 3.83. The number of ether oxygens (including phenoxy) is 2. The van der Waals surface area contributed by atoms with Crippen molar-refractivity contribution in [2.24, 2.45) is 0 Å².